The highest BCUT2D eigenvalue weighted by molar-refractivity contribution is 6.17. The molecule has 0 saturated carbocycles. The molecule has 3 heteroatoms. The molecule has 0 N–H and O–H groups in total. The van der Waals surface area contributed by atoms with Crippen LogP contribution in [0.15, 0.2) is 18.2 Å². The van der Waals surface area contributed by atoms with Crippen molar-refractivity contribution in [3.8, 4) is 0 Å². The van der Waals surface area contributed by atoms with Crippen molar-refractivity contribution < 1.29 is 9.18 Å². The van der Waals surface area contributed by atoms with E-state index in [0.717, 1.165) is 0 Å². The Balaban J connectivity index is 3.15. The molecule has 0 aliphatic rings. The zero-order valence-corrected chi connectivity index (χ0v) is 7.36. The summed E-state index contributed by atoms with van der Waals surface area (Å²) >= 11 is 5.50. The summed E-state index contributed by atoms with van der Waals surface area (Å²) in [6.45, 7) is 1.40. The maximum absolute atomic E-state index is 12.8. The number of Topliss-reactive ketones (excluding diaryl/α,β-unsaturated/α-hetero) is 1. The molecule has 0 saturated heterocycles. The van der Waals surface area contributed by atoms with E-state index in [4.69, 9.17) is 11.6 Å². The van der Waals surface area contributed by atoms with E-state index in [2.05, 4.69) is 0 Å². The van der Waals surface area contributed by atoms with E-state index in [1.54, 1.807) is 6.07 Å². The van der Waals surface area contributed by atoms with Crippen molar-refractivity contribution in [2.24, 2.45) is 0 Å². The fourth-order valence-corrected chi connectivity index (χ4v) is 1.09. The molecule has 1 aromatic carbocycles. The summed E-state index contributed by atoms with van der Waals surface area (Å²) in [7, 11) is 0. The molecule has 1 aromatic rings. The second-order valence-electron chi connectivity index (χ2n) is 2.54. The lowest BCUT2D eigenvalue weighted by Crippen LogP contribution is -1.94. The van der Waals surface area contributed by atoms with Crippen molar-refractivity contribution in [2.45, 2.75) is 12.8 Å². The lowest BCUT2D eigenvalue weighted by atomic mass is 10.1. The number of benzene rings is 1. The smallest absolute Gasteiger partial charge is 0.159 e. The van der Waals surface area contributed by atoms with Crippen molar-refractivity contribution in [1.82, 2.24) is 0 Å². The van der Waals surface area contributed by atoms with E-state index in [1.807, 2.05) is 0 Å². The second kappa shape index (κ2) is 3.68. The summed E-state index contributed by atoms with van der Waals surface area (Å²) in [5.74, 6) is -0.350. The zero-order chi connectivity index (χ0) is 9.14. The maximum atomic E-state index is 12.8. The first-order valence-electron chi connectivity index (χ1n) is 3.50. The molecule has 0 atom stereocenters. The third-order valence-corrected chi connectivity index (χ3v) is 1.83. The first-order valence-corrected chi connectivity index (χ1v) is 4.03. The normalized spacial score (nSPS) is 9.92. The molecular formula is C9H8ClFO. The third-order valence-electron chi connectivity index (χ3n) is 1.52. The molecule has 0 unspecified atom stereocenters. The zero-order valence-electron chi connectivity index (χ0n) is 6.60. The average molecular weight is 187 g/mol. The molecule has 1 nitrogen and oxygen atoms in total. The van der Waals surface area contributed by atoms with Gasteiger partial charge >= 0.3 is 0 Å². The highest BCUT2D eigenvalue weighted by Gasteiger charge is 2.03. The van der Waals surface area contributed by atoms with Gasteiger partial charge in [-0.1, -0.05) is 0 Å². The van der Waals surface area contributed by atoms with Gasteiger partial charge < -0.3 is 0 Å². The maximum Gasteiger partial charge on any atom is 0.159 e. The van der Waals surface area contributed by atoms with E-state index in [0.29, 0.717) is 11.1 Å². The quantitative estimate of drug-likeness (QED) is 0.513. The largest absolute Gasteiger partial charge is 0.295 e. The average Bonchev–Trinajstić information content (AvgIpc) is 2.03. The minimum absolute atomic E-state index is 0.152. The summed E-state index contributed by atoms with van der Waals surface area (Å²) < 4.78 is 12.8. The SMILES string of the molecule is CC(=O)c1cc(F)cc(CCl)c1. The lowest BCUT2D eigenvalue weighted by molar-refractivity contribution is 0.101. The van der Waals surface area contributed by atoms with Crippen LogP contribution in [0, 0.1) is 5.82 Å². The van der Waals surface area contributed by atoms with Gasteiger partial charge in [-0.3, -0.25) is 4.79 Å². The van der Waals surface area contributed by atoms with Gasteiger partial charge in [0.25, 0.3) is 0 Å². The van der Waals surface area contributed by atoms with Gasteiger partial charge in [-0.15, -0.1) is 11.6 Å². The number of carbonyl (C=O) groups excluding carboxylic acids is 1. The van der Waals surface area contributed by atoms with Gasteiger partial charge in [0.05, 0.1) is 0 Å². The summed E-state index contributed by atoms with van der Waals surface area (Å²) in [4.78, 5) is 10.9. The topological polar surface area (TPSA) is 17.1 Å². The molecule has 0 aliphatic heterocycles. The predicted octanol–water partition coefficient (Wildman–Crippen LogP) is 2.77. The minimum Gasteiger partial charge on any atom is -0.295 e. The highest BCUT2D eigenvalue weighted by atomic mass is 35.5. The molecule has 0 spiro atoms. The molecule has 0 amide bonds. The number of ketones is 1. The predicted molar refractivity (Wildman–Crippen MR) is 46.0 cm³/mol. The van der Waals surface area contributed by atoms with Crippen molar-refractivity contribution in [1.29, 1.82) is 0 Å². The first-order chi connectivity index (χ1) is 5.63. The Morgan fingerprint density at radius 3 is 2.67 bits per heavy atom. The van der Waals surface area contributed by atoms with Gasteiger partial charge in [0.1, 0.15) is 5.82 Å². The molecule has 0 fully saturated rings. The second-order valence-corrected chi connectivity index (χ2v) is 2.81. The Morgan fingerprint density at radius 1 is 1.50 bits per heavy atom. The third kappa shape index (κ3) is 2.05. The van der Waals surface area contributed by atoms with E-state index < -0.39 is 5.82 Å². The van der Waals surface area contributed by atoms with Crippen molar-refractivity contribution in [2.75, 3.05) is 0 Å². The first kappa shape index (κ1) is 9.20. The summed E-state index contributed by atoms with van der Waals surface area (Å²) in [5.41, 5.74) is 0.993. The molecule has 0 heterocycles. The van der Waals surface area contributed by atoms with Gasteiger partial charge in [0, 0.05) is 11.4 Å². The Labute approximate surface area is 75.2 Å². The standard InChI is InChI=1S/C9H8ClFO/c1-6(12)8-2-7(5-10)3-9(11)4-8/h2-4H,5H2,1H3. The highest BCUT2D eigenvalue weighted by Crippen LogP contribution is 2.11. The van der Waals surface area contributed by atoms with Gasteiger partial charge in [-0.25, -0.2) is 4.39 Å². The molecular weight excluding hydrogens is 179 g/mol. The molecule has 0 bridgehead atoms. The van der Waals surface area contributed by atoms with Gasteiger partial charge in [0.15, 0.2) is 5.78 Å². The number of carbonyl (C=O) groups is 1. The van der Waals surface area contributed by atoms with Crippen molar-refractivity contribution in [3.63, 3.8) is 0 Å². The molecule has 64 valence electrons. The Morgan fingerprint density at radius 2 is 2.17 bits per heavy atom. The molecule has 0 radical (unpaired) electrons. The van der Waals surface area contributed by atoms with Crippen LogP contribution < -0.4 is 0 Å². The summed E-state index contributed by atoms with van der Waals surface area (Å²) in [6.07, 6.45) is 0. The van der Waals surface area contributed by atoms with Crippen LogP contribution in [0.5, 0.6) is 0 Å². The Hall–Kier alpha value is -0.890. The number of hydrogen-bond acceptors (Lipinski definition) is 1. The van der Waals surface area contributed by atoms with E-state index in [-0.39, 0.29) is 11.7 Å². The van der Waals surface area contributed by atoms with Crippen LogP contribution in [0.4, 0.5) is 4.39 Å². The molecule has 0 aromatic heterocycles. The van der Waals surface area contributed by atoms with Crippen LogP contribution in [0.1, 0.15) is 22.8 Å². The number of rotatable bonds is 2. The van der Waals surface area contributed by atoms with Gasteiger partial charge in [0.2, 0.25) is 0 Å². The fraction of sp³-hybridized carbons (Fsp3) is 0.222. The molecule has 1 rings (SSSR count). The minimum atomic E-state index is -0.418. The molecule has 0 aliphatic carbocycles. The lowest BCUT2D eigenvalue weighted by Gasteiger charge is -1.99. The van der Waals surface area contributed by atoms with Crippen LogP contribution in [-0.4, -0.2) is 5.78 Å². The summed E-state index contributed by atoms with van der Waals surface area (Å²) in [5, 5.41) is 0. The number of hydrogen-bond donors (Lipinski definition) is 0. The van der Waals surface area contributed by atoms with Crippen LogP contribution >= 0.6 is 11.6 Å². The van der Waals surface area contributed by atoms with Gasteiger partial charge in [-0.05, 0) is 30.7 Å². The monoisotopic (exact) mass is 186 g/mol. The number of alkyl halides is 1. The summed E-state index contributed by atoms with van der Waals surface area (Å²) in [6, 6.07) is 4.12. The Kier molecular flexibility index (Phi) is 2.82. The number of halogens is 2. The van der Waals surface area contributed by atoms with E-state index in [1.165, 1.54) is 19.1 Å². The van der Waals surface area contributed by atoms with Crippen molar-refractivity contribution >= 4 is 17.4 Å². The van der Waals surface area contributed by atoms with Crippen LogP contribution in [0.2, 0.25) is 0 Å². The Bertz CT molecular complexity index is 309. The fourth-order valence-electron chi connectivity index (χ4n) is 0.931. The van der Waals surface area contributed by atoms with E-state index in [9.17, 15) is 9.18 Å². The van der Waals surface area contributed by atoms with Crippen LogP contribution in [0.25, 0.3) is 0 Å². The van der Waals surface area contributed by atoms with Crippen LogP contribution in [-0.2, 0) is 5.88 Å². The van der Waals surface area contributed by atoms with E-state index >= 15 is 0 Å². The van der Waals surface area contributed by atoms with Crippen molar-refractivity contribution in [3.05, 3.63) is 35.1 Å². The van der Waals surface area contributed by atoms with Crippen LogP contribution in [0.3, 0.4) is 0 Å². The van der Waals surface area contributed by atoms with Gasteiger partial charge in [-0.2, -0.15) is 0 Å². The molecule has 12 heavy (non-hydrogen) atoms.